The molecule has 2 aromatic rings. The third-order valence-electron chi connectivity index (χ3n) is 3.52. The third kappa shape index (κ3) is 5.47. The number of aryl methyl sites for hydroxylation is 3. The van der Waals surface area contributed by atoms with Gasteiger partial charge in [0, 0.05) is 43.2 Å². The second kappa shape index (κ2) is 8.00. The van der Waals surface area contributed by atoms with Crippen molar-refractivity contribution < 1.29 is 18.0 Å². The fourth-order valence-electron chi connectivity index (χ4n) is 2.18. The Morgan fingerprint density at radius 1 is 1.40 bits per heavy atom. The molecular weight excluding hydrogens is 335 g/mol. The number of hydrogen-bond donors (Lipinski definition) is 1. The lowest BCUT2D eigenvalue weighted by atomic mass is 10.3. The first kappa shape index (κ1) is 18.8. The quantitative estimate of drug-likeness (QED) is 0.613. The molecule has 0 saturated carbocycles. The topological polar surface area (TPSA) is 64.7 Å². The standard InChI is InChI=1S/C16H20F3N5O/c1-3-23-11-13(10-21-23)5-6-15(25)20-7-4-8-24-12(2)9-14(22-24)16(17,18)19/h5-6,9-11H,3-4,7-8H2,1-2H3,(H,20,25)/b6-5+. The van der Waals surface area contributed by atoms with Crippen molar-refractivity contribution in [3.8, 4) is 0 Å². The van der Waals surface area contributed by atoms with Crippen LogP contribution < -0.4 is 5.32 Å². The minimum Gasteiger partial charge on any atom is -0.352 e. The van der Waals surface area contributed by atoms with Crippen molar-refractivity contribution in [1.82, 2.24) is 24.9 Å². The van der Waals surface area contributed by atoms with E-state index in [0.717, 1.165) is 18.2 Å². The summed E-state index contributed by atoms with van der Waals surface area (Å²) in [6, 6.07) is 1.01. The van der Waals surface area contributed by atoms with Crippen LogP contribution in [0.2, 0.25) is 0 Å². The highest BCUT2D eigenvalue weighted by Crippen LogP contribution is 2.28. The SMILES string of the molecule is CCn1cc(/C=C/C(=O)NCCCn2nc(C(F)(F)F)cc2C)cn1. The summed E-state index contributed by atoms with van der Waals surface area (Å²) in [6.07, 6.45) is 2.57. The van der Waals surface area contributed by atoms with Gasteiger partial charge in [0.2, 0.25) is 5.91 Å². The first-order valence-corrected chi connectivity index (χ1v) is 7.89. The molecular formula is C16H20F3N5O. The molecule has 2 heterocycles. The molecule has 0 fully saturated rings. The highest BCUT2D eigenvalue weighted by atomic mass is 19.4. The van der Waals surface area contributed by atoms with E-state index in [1.54, 1.807) is 23.9 Å². The fraction of sp³-hybridized carbons (Fsp3) is 0.438. The van der Waals surface area contributed by atoms with Gasteiger partial charge >= 0.3 is 6.18 Å². The predicted octanol–water partition coefficient (Wildman–Crippen LogP) is 2.65. The van der Waals surface area contributed by atoms with Crippen molar-refractivity contribution in [3.63, 3.8) is 0 Å². The van der Waals surface area contributed by atoms with Gasteiger partial charge in [-0.15, -0.1) is 0 Å². The van der Waals surface area contributed by atoms with Gasteiger partial charge in [0.05, 0.1) is 6.20 Å². The van der Waals surface area contributed by atoms with Crippen LogP contribution in [0.4, 0.5) is 13.2 Å². The number of amides is 1. The zero-order valence-electron chi connectivity index (χ0n) is 14.0. The van der Waals surface area contributed by atoms with Gasteiger partial charge in [0.25, 0.3) is 0 Å². The second-order valence-corrected chi connectivity index (χ2v) is 5.50. The normalized spacial score (nSPS) is 12.0. The van der Waals surface area contributed by atoms with Gasteiger partial charge in [0.15, 0.2) is 5.69 Å². The molecule has 1 N–H and O–H groups in total. The number of hydrogen-bond acceptors (Lipinski definition) is 3. The van der Waals surface area contributed by atoms with Crippen LogP contribution in [0.15, 0.2) is 24.5 Å². The van der Waals surface area contributed by atoms with Gasteiger partial charge in [-0.05, 0) is 32.4 Å². The Morgan fingerprint density at radius 3 is 2.76 bits per heavy atom. The summed E-state index contributed by atoms with van der Waals surface area (Å²) in [5.41, 5.74) is 0.361. The average Bonchev–Trinajstić information content (AvgIpc) is 3.16. The van der Waals surface area contributed by atoms with E-state index in [1.165, 1.54) is 10.8 Å². The molecule has 25 heavy (non-hydrogen) atoms. The third-order valence-corrected chi connectivity index (χ3v) is 3.52. The first-order chi connectivity index (χ1) is 11.8. The lowest BCUT2D eigenvalue weighted by molar-refractivity contribution is -0.141. The lowest BCUT2D eigenvalue weighted by Gasteiger charge is -2.05. The van der Waals surface area contributed by atoms with Crippen molar-refractivity contribution in [2.24, 2.45) is 0 Å². The van der Waals surface area contributed by atoms with Gasteiger partial charge < -0.3 is 5.32 Å². The molecule has 0 atom stereocenters. The molecule has 2 aromatic heterocycles. The summed E-state index contributed by atoms with van der Waals surface area (Å²) in [6.45, 7) is 4.93. The van der Waals surface area contributed by atoms with Crippen LogP contribution in [-0.4, -0.2) is 32.0 Å². The Morgan fingerprint density at radius 2 is 2.16 bits per heavy atom. The largest absolute Gasteiger partial charge is 0.435 e. The Hall–Kier alpha value is -2.58. The zero-order chi connectivity index (χ0) is 18.4. The molecule has 2 rings (SSSR count). The molecule has 136 valence electrons. The van der Waals surface area contributed by atoms with E-state index in [1.807, 2.05) is 13.1 Å². The number of carbonyl (C=O) groups excluding carboxylic acids is 1. The molecule has 0 aliphatic carbocycles. The molecule has 9 heteroatoms. The van der Waals surface area contributed by atoms with Crippen molar-refractivity contribution in [1.29, 1.82) is 0 Å². The molecule has 1 amide bonds. The number of halogens is 3. The summed E-state index contributed by atoms with van der Waals surface area (Å²) >= 11 is 0. The molecule has 0 aromatic carbocycles. The number of nitrogens with zero attached hydrogens (tertiary/aromatic N) is 4. The maximum atomic E-state index is 12.6. The van der Waals surface area contributed by atoms with Crippen molar-refractivity contribution in [3.05, 3.63) is 41.5 Å². The van der Waals surface area contributed by atoms with Gasteiger partial charge in [-0.1, -0.05) is 0 Å². The molecule has 0 saturated heterocycles. The zero-order valence-corrected chi connectivity index (χ0v) is 14.0. The van der Waals surface area contributed by atoms with Crippen LogP contribution in [0, 0.1) is 6.92 Å². The molecule has 0 unspecified atom stereocenters. The Balaban J connectivity index is 1.75. The number of alkyl halides is 3. The van der Waals surface area contributed by atoms with Crippen LogP contribution in [0.1, 0.15) is 30.3 Å². The molecule has 0 bridgehead atoms. The Kier molecular flexibility index (Phi) is 6.00. The molecule has 0 aliphatic rings. The fourth-order valence-corrected chi connectivity index (χ4v) is 2.18. The second-order valence-electron chi connectivity index (χ2n) is 5.50. The summed E-state index contributed by atoms with van der Waals surface area (Å²) in [5, 5.41) is 10.3. The average molecular weight is 355 g/mol. The number of nitrogens with one attached hydrogen (secondary N) is 1. The van der Waals surface area contributed by atoms with Gasteiger partial charge in [0.1, 0.15) is 0 Å². The highest BCUT2D eigenvalue weighted by Gasteiger charge is 2.34. The van der Waals surface area contributed by atoms with E-state index in [9.17, 15) is 18.0 Å². The molecule has 0 spiro atoms. The summed E-state index contributed by atoms with van der Waals surface area (Å²) in [5.74, 6) is -0.266. The van der Waals surface area contributed by atoms with Gasteiger partial charge in [-0.2, -0.15) is 23.4 Å². The van der Waals surface area contributed by atoms with E-state index < -0.39 is 11.9 Å². The van der Waals surface area contributed by atoms with Crippen molar-refractivity contribution in [2.45, 2.75) is 39.5 Å². The molecule has 0 radical (unpaired) electrons. The van der Waals surface area contributed by atoms with Crippen molar-refractivity contribution in [2.75, 3.05) is 6.54 Å². The van der Waals surface area contributed by atoms with Crippen molar-refractivity contribution >= 4 is 12.0 Å². The van der Waals surface area contributed by atoms with E-state index in [2.05, 4.69) is 15.5 Å². The molecule has 6 nitrogen and oxygen atoms in total. The minimum atomic E-state index is -4.44. The lowest BCUT2D eigenvalue weighted by Crippen LogP contribution is -2.23. The van der Waals surface area contributed by atoms with Crippen LogP contribution in [0.5, 0.6) is 0 Å². The summed E-state index contributed by atoms with van der Waals surface area (Å²) in [4.78, 5) is 11.7. The van der Waals surface area contributed by atoms with E-state index in [-0.39, 0.29) is 5.91 Å². The Bertz CT molecular complexity index is 745. The summed E-state index contributed by atoms with van der Waals surface area (Å²) < 4.78 is 40.8. The smallest absolute Gasteiger partial charge is 0.352 e. The maximum Gasteiger partial charge on any atom is 0.435 e. The van der Waals surface area contributed by atoms with E-state index in [4.69, 9.17) is 0 Å². The molecule has 0 aliphatic heterocycles. The van der Waals surface area contributed by atoms with E-state index >= 15 is 0 Å². The van der Waals surface area contributed by atoms with Crippen LogP contribution in [0.25, 0.3) is 6.08 Å². The maximum absolute atomic E-state index is 12.6. The van der Waals surface area contributed by atoms with Crippen LogP contribution >= 0.6 is 0 Å². The summed E-state index contributed by atoms with van der Waals surface area (Å²) in [7, 11) is 0. The first-order valence-electron chi connectivity index (χ1n) is 7.89. The van der Waals surface area contributed by atoms with Crippen LogP contribution in [-0.2, 0) is 24.1 Å². The number of carbonyl (C=O) groups is 1. The van der Waals surface area contributed by atoms with Gasteiger partial charge in [-0.3, -0.25) is 14.2 Å². The van der Waals surface area contributed by atoms with Crippen LogP contribution in [0.3, 0.4) is 0 Å². The minimum absolute atomic E-state index is 0.266. The van der Waals surface area contributed by atoms with E-state index in [0.29, 0.717) is 25.2 Å². The monoisotopic (exact) mass is 355 g/mol. The highest BCUT2D eigenvalue weighted by molar-refractivity contribution is 5.91. The number of rotatable bonds is 7. The van der Waals surface area contributed by atoms with Gasteiger partial charge in [-0.25, -0.2) is 0 Å². The number of aromatic nitrogens is 4. The predicted molar refractivity (Wildman–Crippen MR) is 86.5 cm³/mol. The Labute approximate surface area is 143 Å².